The molecule has 3 rings (SSSR count). The Hall–Kier alpha value is -3.18. The monoisotopic (exact) mass is 436 g/mol. The average molecular weight is 437 g/mol. The van der Waals surface area contributed by atoms with Gasteiger partial charge < -0.3 is 9.67 Å². The van der Waals surface area contributed by atoms with Crippen LogP contribution in [0, 0.1) is 0 Å². The first-order chi connectivity index (χ1) is 15.0. The van der Waals surface area contributed by atoms with Crippen LogP contribution in [0.2, 0.25) is 5.02 Å². The van der Waals surface area contributed by atoms with Crippen LogP contribution in [0.1, 0.15) is 52.9 Å². The molecular formula is C25H25ClN2O3. The zero-order chi connectivity index (χ0) is 22.2. The van der Waals surface area contributed by atoms with Crippen molar-refractivity contribution in [1.29, 1.82) is 0 Å². The fourth-order valence-corrected chi connectivity index (χ4v) is 3.64. The van der Waals surface area contributed by atoms with Crippen LogP contribution in [0.5, 0.6) is 0 Å². The van der Waals surface area contributed by atoms with E-state index in [1.165, 1.54) is 0 Å². The molecule has 0 fully saturated rings. The summed E-state index contributed by atoms with van der Waals surface area (Å²) in [6.45, 7) is 2.49. The summed E-state index contributed by atoms with van der Waals surface area (Å²) < 4.78 is 1.91. The number of carboxylic acid groups (broad SMARTS) is 1. The van der Waals surface area contributed by atoms with Crippen LogP contribution in [0.4, 0.5) is 0 Å². The molecular weight excluding hydrogens is 412 g/mol. The third-order valence-corrected chi connectivity index (χ3v) is 5.46. The molecule has 0 aliphatic carbocycles. The maximum atomic E-state index is 12.0. The number of aliphatic carboxylic acids is 1. The minimum atomic E-state index is -1.03. The summed E-state index contributed by atoms with van der Waals surface area (Å²) in [4.78, 5) is 28.3. The topological polar surface area (TPSA) is 72.2 Å². The summed E-state index contributed by atoms with van der Waals surface area (Å²) in [5.74, 6) is -0.277. The molecule has 1 N–H and O–H groups in total. The van der Waals surface area contributed by atoms with Crippen molar-refractivity contribution in [3.8, 4) is 0 Å². The smallest absolute Gasteiger partial charge is 0.331 e. The molecule has 6 heteroatoms. The first kappa shape index (κ1) is 22.5. The fourth-order valence-electron chi connectivity index (χ4n) is 3.44. The number of aryl methyl sites for hydroxylation is 1. The second kappa shape index (κ2) is 10.7. The van der Waals surface area contributed by atoms with Gasteiger partial charge in [0.25, 0.3) is 0 Å². The summed E-state index contributed by atoms with van der Waals surface area (Å²) in [6.07, 6.45) is 5.09. The summed E-state index contributed by atoms with van der Waals surface area (Å²) in [5, 5.41) is 10.4. The number of halogens is 1. The van der Waals surface area contributed by atoms with E-state index in [-0.39, 0.29) is 17.7 Å². The van der Waals surface area contributed by atoms with E-state index in [1.54, 1.807) is 6.08 Å². The van der Waals surface area contributed by atoms with Crippen LogP contribution in [-0.2, 0) is 24.2 Å². The maximum absolute atomic E-state index is 12.0. The Kier molecular flexibility index (Phi) is 7.79. The molecule has 0 saturated carbocycles. The summed E-state index contributed by atoms with van der Waals surface area (Å²) in [5.41, 5.74) is 2.69. The third-order valence-electron chi connectivity index (χ3n) is 5.09. The largest absolute Gasteiger partial charge is 0.478 e. The highest BCUT2D eigenvalue weighted by Gasteiger charge is 2.19. The van der Waals surface area contributed by atoms with Gasteiger partial charge in [-0.2, -0.15) is 0 Å². The Morgan fingerprint density at radius 2 is 1.84 bits per heavy atom. The lowest BCUT2D eigenvalue weighted by Crippen LogP contribution is -2.10. The number of hydrogen-bond donors (Lipinski definition) is 1. The fraction of sp³-hybridized carbons (Fsp3) is 0.240. The Bertz CT molecular complexity index is 1090. The van der Waals surface area contributed by atoms with Crippen molar-refractivity contribution < 1.29 is 14.7 Å². The molecule has 0 unspecified atom stereocenters. The number of imidazole rings is 1. The van der Waals surface area contributed by atoms with Gasteiger partial charge in [-0.25, -0.2) is 9.78 Å². The molecule has 1 aromatic heterocycles. The number of benzene rings is 2. The highest BCUT2D eigenvalue weighted by Crippen LogP contribution is 2.23. The SMILES string of the molecule is CCCCc1nc(C=O)c(C=C(Cc2ccccc2)C(=O)O)n1Cc1ccccc1Cl. The van der Waals surface area contributed by atoms with Gasteiger partial charge in [0.2, 0.25) is 0 Å². The molecule has 0 spiro atoms. The molecule has 1 heterocycles. The van der Waals surface area contributed by atoms with E-state index in [0.29, 0.717) is 30.0 Å². The van der Waals surface area contributed by atoms with Gasteiger partial charge in [-0.3, -0.25) is 4.79 Å². The van der Waals surface area contributed by atoms with E-state index in [0.717, 1.165) is 29.8 Å². The quantitative estimate of drug-likeness (QED) is 0.339. The summed E-state index contributed by atoms with van der Waals surface area (Å²) in [7, 11) is 0. The number of carbonyl (C=O) groups is 2. The van der Waals surface area contributed by atoms with Crippen molar-refractivity contribution in [3.63, 3.8) is 0 Å². The molecule has 2 aromatic carbocycles. The van der Waals surface area contributed by atoms with Crippen LogP contribution in [-0.4, -0.2) is 26.9 Å². The average Bonchev–Trinajstić information content (AvgIpc) is 3.10. The van der Waals surface area contributed by atoms with Crippen LogP contribution in [0.25, 0.3) is 6.08 Å². The molecule has 0 atom stereocenters. The van der Waals surface area contributed by atoms with Crippen molar-refractivity contribution in [2.24, 2.45) is 0 Å². The van der Waals surface area contributed by atoms with Gasteiger partial charge in [-0.1, -0.05) is 73.5 Å². The highest BCUT2D eigenvalue weighted by atomic mass is 35.5. The second-order valence-electron chi connectivity index (χ2n) is 7.33. The molecule has 3 aromatic rings. The lowest BCUT2D eigenvalue weighted by atomic mass is 10.0. The minimum absolute atomic E-state index is 0.191. The summed E-state index contributed by atoms with van der Waals surface area (Å²) in [6, 6.07) is 16.9. The standard InChI is InChI=1S/C25H25ClN2O3/c1-2-3-13-24-27-22(17-29)23(28(24)16-19-11-7-8-12-21(19)26)15-20(25(30)31)14-18-9-5-4-6-10-18/h4-12,15,17H,2-3,13-14,16H2,1H3,(H,30,31). The molecule has 0 amide bonds. The predicted octanol–water partition coefficient (Wildman–Crippen LogP) is 5.45. The van der Waals surface area contributed by atoms with Crippen LogP contribution in [0.3, 0.4) is 0 Å². The van der Waals surface area contributed by atoms with E-state index in [4.69, 9.17) is 11.6 Å². The molecule has 0 radical (unpaired) electrons. The molecule has 0 saturated heterocycles. The van der Waals surface area contributed by atoms with E-state index >= 15 is 0 Å². The molecule has 31 heavy (non-hydrogen) atoms. The van der Waals surface area contributed by atoms with Crippen LogP contribution in [0.15, 0.2) is 60.2 Å². The zero-order valence-corrected chi connectivity index (χ0v) is 18.2. The number of carboxylic acids is 1. The van der Waals surface area contributed by atoms with Gasteiger partial charge >= 0.3 is 5.97 Å². The van der Waals surface area contributed by atoms with E-state index in [2.05, 4.69) is 11.9 Å². The van der Waals surface area contributed by atoms with Gasteiger partial charge in [-0.15, -0.1) is 0 Å². The lowest BCUT2D eigenvalue weighted by Gasteiger charge is -2.13. The van der Waals surface area contributed by atoms with Crippen molar-refractivity contribution >= 4 is 29.9 Å². The zero-order valence-electron chi connectivity index (χ0n) is 17.4. The summed E-state index contributed by atoms with van der Waals surface area (Å²) >= 11 is 6.37. The minimum Gasteiger partial charge on any atom is -0.478 e. The Balaban J connectivity index is 2.10. The third kappa shape index (κ3) is 5.70. The number of nitrogens with zero attached hydrogens (tertiary/aromatic N) is 2. The van der Waals surface area contributed by atoms with Gasteiger partial charge in [-0.05, 0) is 29.7 Å². The van der Waals surface area contributed by atoms with Gasteiger partial charge in [0.05, 0.1) is 12.2 Å². The van der Waals surface area contributed by atoms with Crippen molar-refractivity contribution in [1.82, 2.24) is 9.55 Å². The number of hydrogen-bond acceptors (Lipinski definition) is 3. The number of unbranched alkanes of at least 4 members (excludes halogenated alkanes) is 1. The van der Waals surface area contributed by atoms with Crippen molar-refractivity contribution in [2.75, 3.05) is 0 Å². The Morgan fingerprint density at radius 3 is 2.48 bits per heavy atom. The molecule has 5 nitrogen and oxygen atoms in total. The normalized spacial score (nSPS) is 11.5. The number of aromatic nitrogens is 2. The van der Waals surface area contributed by atoms with Crippen LogP contribution < -0.4 is 0 Å². The van der Waals surface area contributed by atoms with Crippen molar-refractivity contribution in [3.05, 3.63) is 93.5 Å². The van der Waals surface area contributed by atoms with E-state index < -0.39 is 5.97 Å². The highest BCUT2D eigenvalue weighted by molar-refractivity contribution is 6.31. The maximum Gasteiger partial charge on any atom is 0.331 e. The first-order valence-electron chi connectivity index (χ1n) is 10.3. The van der Waals surface area contributed by atoms with E-state index in [9.17, 15) is 14.7 Å². The molecule has 160 valence electrons. The molecule has 0 bridgehead atoms. The second-order valence-corrected chi connectivity index (χ2v) is 7.74. The van der Waals surface area contributed by atoms with E-state index in [1.807, 2.05) is 59.2 Å². The van der Waals surface area contributed by atoms with Crippen molar-refractivity contribution in [2.45, 2.75) is 39.2 Å². The first-order valence-corrected chi connectivity index (χ1v) is 10.7. The Labute approximate surface area is 187 Å². The predicted molar refractivity (Wildman–Crippen MR) is 123 cm³/mol. The van der Waals surface area contributed by atoms with Crippen LogP contribution >= 0.6 is 11.6 Å². The number of rotatable bonds is 10. The number of aldehydes is 1. The molecule has 0 aliphatic heterocycles. The number of carbonyl (C=O) groups excluding carboxylic acids is 1. The van der Waals surface area contributed by atoms with Gasteiger partial charge in [0, 0.05) is 23.4 Å². The Morgan fingerprint density at radius 1 is 1.13 bits per heavy atom. The molecule has 0 aliphatic rings. The van der Waals surface area contributed by atoms with Gasteiger partial charge in [0.1, 0.15) is 11.5 Å². The van der Waals surface area contributed by atoms with Gasteiger partial charge in [0.15, 0.2) is 6.29 Å². The lowest BCUT2D eigenvalue weighted by molar-refractivity contribution is -0.132.